The summed E-state index contributed by atoms with van der Waals surface area (Å²) in [7, 11) is 1.59. The molecule has 0 unspecified atom stereocenters. The highest BCUT2D eigenvalue weighted by Gasteiger charge is 2.33. The highest BCUT2D eigenvalue weighted by Crippen LogP contribution is 2.35. The molecule has 7 nitrogen and oxygen atoms in total. The zero-order valence-electron chi connectivity index (χ0n) is 23.6. The predicted octanol–water partition coefficient (Wildman–Crippen LogP) is 6.23. The average Bonchev–Trinajstić information content (AvgIpc) is 3.49. The monoisotopic (exact) mass is 675 g/mol. The van der Waals surface area contributed by atoms with Crippen molar-refractivity contribution in [2.45, 2.75) is 26.4 Å². The zero-order valence-corrected chi connectivity index (χ0v) is 26.8. The lowest BCUT2D eigenvalue weighted by molar-refractivity contribution is -0.139. The number of hydrogen-bond acceptors (Lipinski definition) is 6. The first-order valence-corrected chi connectivity index (χ1v) is 15.6. The van der Waals surface area contributed by atoms with Crippen LogP contribution in [-0.4, -0.2) is 28.8 Å². The summed E-state index contributed by atoms with van der Waals surface area (Å²) in [5.74, 6) is 0.139. The second kappa shape index (κ2) is 12.0. The Kier molecular flexibility index (Phi) is 8.13. The van der Waals surface area contributed by atoms with E-state index in [1.54, 1.807) is 31.6 Å². The molecule has 3 aromatic carbocycles. The van der Waals surface area contributed by atoms with E-state index in [0.717, 1.165) is 27.6 Å². The summed E-state index contributed by atoms with van der Waals surface area (Å²) in [6.07, 6.45) is 3.94. The third-order valence-electron chi connectivity index (χ3n) is 7.41. The number of carbonyl (C=O) groups excluding carboxylic acids is 1. The second-order valence-electron chi connectivity index (χ2n) is 10.0. The van der Waals surface area contributed by atoms with Gasteiger partial charge in [0.05, 0.1) is 40.0 Å². The van der Waals surface area contributed by atoms with Gasteiger partial charge in [0.15, 0.2) is 4.80 Å². The molecule has 0 fully saturated rings. The lowest BCUT2D eigenvalue weighted by atomic mass is 9.96. The van der Waals surface area contributed by atoms with Gasteiger partial charge in [-0.25, -0.2) is 9.79 Å². The number of allylic oxidation sites excluding steroid dienone is 1. The Balaban J connectivity index is 1.53. The standard InChI is InChI=1S/C33H27BrClN3O4S/c1-4-42-32(40)29-19(2)36-33-38(30(29)20-13-14-27(41-3)24(34)15-20)31(39)28(43-33)16-22-18-37(26-12-8-6-10-23(22)26)17-21-9-5-7-11-25(21)35/h5-16,18,30H,4,17H2,1-3H3/b28-16+/t30-/m0/s1. The minimum Gasteiger partial charge on any atom is -0.496 e. The molecule has 0 N–H and O–H groups in total. The molecule has 218 valence electrons. The Morgan fingerprint density at radius 2 is 1.91 bits per heavy atom. The van der Waals surface area contributed by atoms with E-state index in [2.05, 4.69) is 26.6 Å². The maximum atomic E-state index is 14.2. The van der Waals surface area contributed by atoms with Gasteiger partial charge in [-0.05, 0) is 71.2 Å². The smallest absolute Gasteiger partial charge is 0.338 e. The Bertz CT molecular complexity index is 2110. The van der Waals surface area contributed by atoms with Gasteiger partial charge in [0.25, 0.3) is 5.56 Å². The summed E-state index contributed by atoms with van der Waals surface area (Å²) in [6.45, 7) is 4.32. The molecule has 0 aliphatic carbocycles. The zero-order chi connectivity index (χ0) is 30.2. The van der Waals surface area contributed by atoms with Crippen LogP contribution in [0.15, 0.2) is 98.5 Å². The Labute approximate surface area is 265 Å². The number of halogens is 2. The van der Waals surface area contributed by atoms with Crippen LogP contribution < -0.4 is 19.6 Å². The second-order valence-corrected chi connectivity index (χ2v) is 12.3. The fourth-order valence-electron chi connectivity index (χ4n) is 5.43. The Hall–Kier alpha value is -3.92. The lowest BCUT2D eigenvalue weighted by Gasteiger charge is -2.25. The number of para-hydroxylation sites is 1. The first-order chi connectivity index (χ1) is 20.8. The van der Waals surface area contributed by atoms with Crippen LogP contribution in [-0.2, 0) is 16.1 Å². The number of methoxy groups -OCH3 is 1. The number of esters is 1. The largest absolute Gasteiger partial charge is 0.496 e. The van der Waals surface area contributed by atoms with E-state index in [0.29, 0.717) is 42.4 Å². The lowest BCUT2D eigenvalue weighted by Crippen LogP contribution is -2.39. The number of hydrogen-bond donors (Lipinski definition) is 0. The quantitative estimate of drug-likeness (QED) is 0.192. The fourth-order valence-corrected chi connectivity index (χ4v) is 7.22. The number of nitrogens with zero attached hydrogens (tertiary/aromatic N) is 3. The maximum Gasteiger partial charge on any atom is 0.338 e. The van der Waals surface area contributed by atoms with Gasteiger partial charge < -0.3 is 14.0 Å². The molecular weight excluding hydrogens is 650 g/mol. The van der Waals surface area contributed by atoms with Crippen molar-refractivity contribution in [2.24, 2.45) is 4.99 Å². The number of fused-ring (bicyclic) bond motifs is 2. The van der Waals surface area contributed by atoms with E-state index in [4.69, 9.17) is 26.1 Å². The van der Waals surface area contributed by atoms with Crippen molar-refractivity contribution in [3.63, 3.8) is 0 Å². The third-order valence-corrected chi connectivity index (χ3v) is 9.38. The molecule has 1 aliphatic heterocycles. The molecule has 6 rings (SSSR count). The van der Waals surface area contributed by atoms with Gasteiger partial charge in [-0.15, -0.1) is 0 Å². The van der Waals surface area contributed by atoms with Crippen molar-refractivity contribution in [1.29, 1.82) is 0 Å². The SMILES string of the molecule is CCOC(=O)C1=C(C)N=c2s/c(=C/c3cn(Cc4ccccc4Cl)c4ccccc34)c(=O)n2[C@H]1c1ccc(OC)c(Br)c1. The van der Waals surface area contributed by atoms with Crippen LogP contribution in [0.2, 0.25) is 5.02 Å². The first-order valence-electron chi connectivity index (χ1n) is 13.6. The van der Waals surface area contributed by atoms with Crippen LogP contribution >= 0.6 is 38.9 Å². The molecule has 0 bridgehead atoms. The van der Waals surface area contributed by atoms with Crippen molar-refractivity contribution < 1.29 is 14.3 Å². The number of carbonyl (C=O) groups is 1. The van der Waals surface area contributed by atoms with Gasteiger partial charge in [0, 0.05) is 34.2 Å². The van der Waals surface area contributed by atoms with Crippen molar-refractivity contribution in [3.8, 4) is 5.75 Å². The normalized spacial score (nSPS) is 15.0. The molecule has 0 saturated heterocycles. The van der Waals surface area contributed by atoms with Crippen LogP contribution in [0.1, 0.15) is 36.6 Å². The molecule has 0 spiro atoms. The minimum absolute atomic E-state index is 0.206. The van der Waals surface area contributed by atoms with Crippen molar-refractivity contribution in [2.75, 3.05) is 13.7 Å². The summed E-state index contributed by atoms with van der Waals surface area (Å²) >= 11 is 11.3. The molecule has 0 radical (unpaired) electrons. The maximum absolute atomic E-state index is 14.2. The van der Waals surface area contributed by atoms with Crippen molar-refractivity contribution >= 4 is 61.8 Å². The molecule has 0 saturated carbocycles. The summed E-state index contributed by atoms with van der Waals surface area (Å²) in [6, 6.07) is 20.7. The summed E-state index contributed by atoms with van der Waals surface area (Å²) in [5, 5.41) is 1.72. The summed E-state index contributed by atoms with van der Waals surface area (Å²) in [5.41, 5.74) is 4.27. The number of ether oxygens (including phenoxy) is 2. The van der Waals surface area contributed by atoms with Gasteiger partial charge in [0.2, 0.25) is 0 Å². The van der Waals surface area contributed by atoms with Crippen molar-refractivity contribution in [3.05, 3.63) is 130 Å². The van der Waals surface area contributed by atoms with Gasteiger partial charge in [0.1, 0.15) is 5.75 Å². The topological polar surface area (TPSA) is 74.8 Å². The van der Waals surface area contributed by atoms with Crippen LogP contribution in [0.4, 0.5) is 0 Å². The van der Waals surface area contributed by atoms with E-state index >= 15 is 0 Å². The molecule has 3 heterocycles. The summed E-state index contributed by atoms with van der Waals surface area (Å²) < 4.78 is 15.8. The number of benzene rings is 3. The average molecular weight is 677 g/mol. The van der Waals surface area contributed by atoms with Crippen LogP contribution in [0.5, 0.6) is 5.75 Å². The van der Waals surface area contributed by atoms with Crippen LogP contribution in [0, 0.1) is 0 Å². The molecular formula is C33H27BrClN3O4S. The van der Waals surface area contributed by atoms with Crippen LogP contribution in [0.3, 0.4) is 0 Å². The van der Waals surface area contributed by atoms with Crippen LogP contribution in [0.25, 0.3) is 17.0 Å². The van der Waals surface area contributed by atoms with Gasteiger partial charge in [-0.1, -0.05) is 65.4 Å². The van der Waals surface area contributed by atoms with Crippen molar-refractivity contribution in [1.82, 2.24) is 9.13 Å². The predicted molar refractivity (Wildman–Crippen MR) is 174 cm³/mol. The number of aromatic nitrogens is 2. The molecule has 1 aliphatic rings. The number of thiazole rings is 1. The van der Waals surface area contributed by atoms with E-state index in [9.17, 15) is 9.59 Å². The molecule has 5 aromatic rings. The van der Waals surface area contributed by atoms with E-state index < -0.39 is 12.0 Å². The first kappa shape index (κ1) is 29.2. The Morgan fingerprint density at radius 1 is 1.14 bits per heavy atom. The molecule has 1 atom stereocenters. The Morgan fingerprint density at radius 3 is 2.65 bits per heavy atom. The molecule has 2 aromatic heterocycles. The highest BCUT2D eigenvalue weighted by molar-refractivity contribution is 9.10. The van der Waals surface area contributed by atoms with E-state index in [1.165, 1.54) is 11.3 Å². The number of rotatable bonds is 7. The highest BCUT2D eigenvalue weighted by atomic mass is 79.9. The summed E-state index contributed by atoms with van der Waals surface area (Å²) in [4.78, 5) is 32.6. The molecule has 0 amide bonds. The van der Waals surface area contributed by atoms with Gasteiger partial charge in [-0.3, -0.25) is 9.36 Å². The van der Waals surface area contributed by atoms with Gasteiger partial charge >= 0.3 is 5.97 Å². The van der Waals surface area contributed by atoms with E-state index in [1.807, 2.05) is 66.9 Å². The minimum atomic E-state index is -0.721. The van der Waals surface area contributed by atoms with E-state index in [-0.39, 0.29) is 12.2 Å². The molecule has 10 heteroatoms. The molecule has 43 heavy (non-hydrogen) atoms. The third kappa shape index (κ3) is 5.37. The van der Waals surface area contributed by atoms with Gasteiger partial charge in [-0.2, -0.15) is 0 Å². The fraction of sp³-hybridized carbons (Fsp3) is 0.182.